The second-order valence-electron chi connectivity index (χ2n) is 4.56. The molecule has 0 bridgehead atoms. The fourth-order valence-electron chi connectivity index (χ4n) is 2.01. The number of rotatable bonds is 3. The van der Waals surface area contributed by atoms with Crippen LogP contribution in [0.4, 0.5) is 0 Å². The zero-order valence-corrected chi connectivity index (χ0v) is 10.1. The number of nitrogens with zero attached hydrogens (tertiary/aromatic N) is 2. The van der Waals surface area contributed by atoms with Crippen LogP contribution in [0.25, 0.3) is 0 Å². The normalized spacial score (nSPS) is 23.8. The van der Waals surface area contributed by atoms with Crippen LogP contribution in [0.1, 0.15) is 19.8 Å². The highest BCUT2D eigenvalue weighted by Crippen LogP contribution is 2.18. The quantitative estimate of drug-likeness (QED) is 0.752. The molecule has 16 heavy (non-hydrogen) atoms. The van der Waals surface area contributed by atoms with E-state index in [1.165, 1.54) is 11.8 Å². The number of carboxylic acid groups (broad SMARTS) is 1. The summed E-state index contributed by atoms with van der Waals surface area (Å²) in [6.45, 7) is 3.28. The van der Waals surface area contributed by atoms with Gasteiger partial charge in [-0.05, 0) is 33.4 Å². The Labute approximate surface area is 96.0 Å². The van der Waals surface area contributed by atoms with Gasteiger partial charge in [0.2, 0.25) is 5.91 Å². The van der Waals surface area contributed by atoms with Crippen LogP contribution in [0.3, 0.4) is 0 Å². The molecule has 1 N–H and O–H groups in total. The Hall–Kier alpha value is -1.10. The molecule has 2 atom stereocenters. The fraction of sp³-hybridized carbons (Fsp3) is 0.818. The van der Waals surface area contributed by atoms with Crippen LogP contribution in [-0.2, 0) is 9.59 Å². The molecule has 0 aliphatic carbocycles. The van der Waals surface area contributed by atoms with Crippen LogP contribution in [0, 0.1) is 5.92 Å². The van der Waals surface area contributed by atoms with Crippen molar-refractivity contribution in [3.05, 3.63) is 0 Å². The number of likely N-dealkylation sites (tertiary alicyclic amines) is 1. The van der Waals surface area contributed by atoms with E-state index in [0.717, 1.165) is 25.9 Å². The van der Waals surface area contributed by atoms with Crippen molar-refractivity contribution in [2.75, 3.05) is 27.2 Å². The van der Waals surface area contributed by atoms with E-state index in [1.807, 2.05) is 7.05 Å². The van der Waals surface area contributed by atoms with Gasteiger partial charge in [-0.3, -0.25) is 4.79 Å². The van der Waals surface area contributed by atoms with E-state index in [9.17, 15) is 9.59 Å². The lowest BCUT2D eigenvalue weighted by Gasteiger charge is -2.32. The van der Waals surface area contributed by atoms with Gasteiger partial charge in [0.25, 0.3) is 0 Å². The first-order valence-electron chi connectivity index (χ1n) is 5.61. The van der Waals surface area contributed by atoms with Crippen LogP contribution >= 0.6 is 0 Å². The van der Waals surface area contributed by atoms with Gasteiger partial charge in [-0.15, -0.1) is 0 Å². The first kappa shape index (κ1) is 13.0. The van der Waals surface area contributed by atoms with E-state index in [-0.39, 0.29) is 11.8 Å². The Balaban J connectivity index is 2.59. The van der Waals surface area contributed by atoms with Gasteiger partial charge in [0.15, 0.2) is 0 Å². The Morgan fingerprint density at radius 2 is 2.12 bits per heavy atom. The molecule has 5 heteroatoms. The molecule has 0 saturated carbocycles. The highest BCUT2D eigenvalue weighted by molar-refractivity contribution is 5.84. The highest BCUT2D eigenvalue weighted by Gasteiger charge is 2.30. The summed E-state index contributed by atoms with van der Waals surface area (Å²) >= 11 is 0. The summed E-state index contributed by atoms with van der Waals surface area (Å²) in [6, 6.07) is -0.750. The molecule has 1 aliphatic rings. The van der Waals surface area contributed by atoms with E-state index in [0.29, 0.717) is 0 Å². The Bertz CT molecular complexity index is 280. The number of carbonyl (C=O) groups is 2. The number of hydrogen-bond donors (Lipinski definition) is 1. The van der Waals surface area contributed by atoms with E-state index < -0.39 is 12.0 Å². The molecule has 1 fully saturated rings. The van der Waals surface area contributed by atoms with Crippen LogP contribution in [-0.4, -0.2) is 60.0 Å². The number of piperidine rings is 1. The van der Waals surface area contributed by atoms with E-state index >= 15 is 0 Å². The molecule has 0 aromatic heterocycles. The maximum Gasteiger partial charge on any atom is 0.326 e. The molecule has 1 amide bonds. The maximum absolute atomic E-state index is 12.0. The van der Waals surface area contributed by atoms with Crippen LogP contribution in [0.15, 0.2) is 0 Å². The molecule has 0 spiro atoms. The molecule has 1 aliphatic heterocycles. The molecule has 0 aromatic carbocycles. The molecule has 1 heterocycles. The van der Waals surface area contributed by atoms with Gasteiger partial charge in [0.1, 0.15) is 6.04 Å². The van der Waals surface area contributed by atoms with Crippen LogP contribution < -0.4 is 0 Å². The highest BCUT2D eigenvalue weighted by atomic mass is 16.4. The first-order valence-corrected chi connectivity index (χ1v) is 5.61. The average Bonchev–Trinajstić information content (AvgIpc) is 2.26. The standard InChI is InChI=1S/C11H20N2O3/c1-8(11(15)16)13(3)10(14)9-5-4-6-12(2)7-9/h8-9H,4-7H2,1-3H3,(H,15,16). The molecule has 92 valence electrons. The molecule has 1 saturated heterocycles. The minimum Gasteiger partial charge on any atom is -0.480 e. The van der Waals surface area contributed by atoms with Gasteiger partial charge < -0.3 is 14.9 Å². The second kappa shape index (κ2) is 5.30. The molecule has 2 unspecified atom stereocenters. The lowest BCUT2D eigenvalue weighted by molar-refractivity contribution is -0.150. The Morgan fingerprint density at radius 1 is 1.50 bits per heavy atom. The number of hydrogen-bond acceptors (Lipinski definition) is 3. The third-order valence-corrected chi connectivity index (χ3v) is 3.26. The van der Waals surface area contributed by atoms with Crippen LogP contribution in [0.2, 0.25) is 0 Å². The summed E-state index contributed by atoms with van der Waals surface area (Å²) in [7, 11) is 3.55. The summed E-state index contributed by atoms with van der Waals surface area (Å²) in [6.07, 6.45) is 1.86. The van der Waals surface area contributed by atoms with Gasteiger partial charge in [-0.1, -0.05) is 0 Å². The van der Waals surface area contributed by atoms with Crippen molar-refractivity contribution in [1.82, 2.24) is 9.80 Å². The topological polar surface area (TPSA) is 60.9 Å². The zero-order chi connectivity index (χ0) is 12.3. The molecule has 0 aromatic rings. The van der Waals surface area contributed by atoms with E-state index in [1.54, 1.807) is 7.05 Å². The van der Waals surface area contributed by atoms with Gasteiger partial charge >= 0.3 is 5.97 Å². The van der Waals surface area contributed by atoms with Gasteiger partial charge in [-0.25, -0.2) is 4.79 Å². The first-order chi connectivity index (χ1) is 7.43. The number of likely N-dealkylation sites (N-methyl/N-ethyl adjacent to an activating group) is 1. The Morgan fingerprint density at radius 3 is 2.62 bits per heavy atom. The predicted molar refractivity (Wildman–Crippen MR) is 60.1 cm³/mol. The number of carbonyl (C=O) groups excluding carboxylic acids is 1. The van der Waals surface area contributed by atoms with Crippen molar-refractivity contribution < 1.29 is 14.7 Å². The SMILES string of the molecule is CC(C(=O)O)N(C)C(=O)C1CCCN(C)C1. The number of amides is 1. The fourth-order valence-corrected chi connectivity index (χ4v) is 2.01. The third kappa shape index (κ3) is 2.95. The van der Waals surface area contributed by atoms with Crippen molar-refractivity contribution in [2.45, 2.75) is 25.8 Å². The summed E-state index contributed by atoms with van der Waals surface area (Å²) in [5.74, 6) is -1.06. The van der Waals surface area contributed by atoms with Crippen molar-refractivity contribution in [3.8, 4) is 0 Å². The predicted octanol–water partition coefficient (Wildman–Crippen LogP) is 0.260. The van der Waals surface area contributed by atoms with Crippen molar-refractivity contribution in [2.24, 2.45) is 5.92 Å². The third-order valence-electron chi connectivity index (χ3n) is 3.26. The van der Waals surface area contributed by atoms with Gasteiger partial charge in [-0.2, -0.15) is 0 Å². The molecular weight excluding hydrogens is 208 g/mol. The van der Waals surface area contributed by atoms with Gasteiger partial charge in [0, 0.05) is 13.6 Å². The number of carboxylic acids is 1. The van der Waals surface area contributed by atoms with Crippen molar-refractivity contribution >= 4 is 11.9 Å². The summed E-state index contributed by atoms with van der Waals surface area (Å²) in [5.41, 5.74) is 0. The van der Waals surface area contributed by atoms with Crippen molar-refractivity contribution in [1.29, 1.82) is 0 Å². The van der Waals surface area contributed by atoms with Crippen LogP contribution in [0.5, 0.6) is 0 Å². The molecule has 5 nitrogen and oxygen atoms in total. The summed E-state index contributed by atoms with van der Waals surface area (Å²) in [4.78, 5) is 26.3. The minimum atomic E-state index is -0.958. The number of aliphatic carboxylic acids is 1. The lowest BCUT2D eigenvalue weighted by atomic mass is 9.96. The van der Waals surface area contributed by atoms with E-state index in [2.05, 4.69) is 4.90 Å². The summed E-state index contributed by atoms with van der Waals surface area (Å²) in [5, 5.41) is 8.85. The zero-order valence-electron chi connectivity index (χ0n) is 10.1. The van der Waals surface area contributed by atoms with Gasteiger partial charge in [0.05, 0.1) is 5.92 Å². The second-order valence-corrected chi connectivity index (χ2v) is 4.56. The largest absolute Gasteiger partial charge is 0.480 e. The monoisotopic (exact) mass is 228 g/mol. The Kier molecular flexibility index (Phi) is 4.29. The minimum absolute atomic E-state index is 0.0504. The summed E-state index contributed by atoms with van der Waals surface area (Å²) < 4.78 is 0. The molecular formula is C11H20N2O3. The van der Waals surface area contributed by atoms with Crippen molar-refractivity contribution in [3.63, 3.8) is 0 Å². The smallest absolute Gasteiger partial charge is 0.326 e. The molecule has 0 radical (unpaired) electrons. The van der Waals surface area contributed by atoms with E-state index in [4.69, 9.17) is 5.11 Å². The molecule has 1 rings (SSSR count). The lowest BCUT2D eigenvalue weighted by Crippen LogP contribution is -2.47. The average molecular weight is 228 g/mol. The maximum atomic E-state index is 12.0.